The minimum absolute atomic E-state index is 0.00669. The molecule has 1 N–H and O–H groups in total. The molecule has 1 aromatic carbocycles. The Morgan fingerprint density at radius 2 is 1.91 bits per heavy atom. The minimum atomic E-state index is 0.00669. The number of carbonyl (C=O) groups excluding carboxylic acids is 1. The van der Waals surface area contributed by atoms with Gasteiger partial charge in [0, 0.05) is 31.0 Å². The molecule has 0 radical (unpaired) electrons. The summed E-state index contributed by atoms with van der Waals surface area (Å²) in [5.74, 6) is 0.00669. The molecule has 1 heterocycles. The molecule has 0 bridgehead atoms. The molecule has 0 spiro atoms. The molecule has 0 saturated carbocycles. The molecule has 5 heteroatoms. The highest BCUT2D eigenvalue weighted by molar-refractivity contribution is 5.92. The zero-order chi connectivity index (χ0) is 16.7. The van der Waals surface area contributed by atoms with Crippen molar-refractivity contribution >= 4 is 17.3 Å². The number of morpholine rings is 1. The first-order valence-corrected chi connectivity index (χ1v) is 8.18. The van der Waals surface area contributed by atoms with Crippen LogP contribution in [-0.4, -0.2) is 56.7 Å². The van der Waals surface area contributed by atoms with Gasteiger partial charge in [-0.15, -0.1) is 0 Å². The van der Waals surface area contributed by atoms with E-state index >= 15 is 0 Å². The molecule has 0 aliphatic carbocycles. The maximum atomic E-state index is 12.1. The first-order valence-electron chi connectivity index (χ1n) is 8.18. The number of nitrogens with zero attached hydrogens (tertiary/aromatic N) is 2. The summed E-state index contributed by atoms with van der Waals surface area (Å²) in [6, 6.07) is 8.01. The van der Waals surface area contributed by atoms with Crippen LogP contribution in [0, 0.1) is 0 Å². The van der Waals surface area contributed by atoms with Crippen molar-refractivity contribution in [1.82, 2.24) is 4.90 Å². The van der Waals surface area contributed by atoms with E-state index in [-0.39, 0.29) is 5.91 Å². The van der Waals surface area contributed by atoms with E-state index in [4.69, 9.17) is 4.74 Å². The average molecular weight is 317 g/mol. The van der Waals surface area contributed by atoms with Gasteiger partial charge in [0.15, 0.2) is 0 Å². The summed E-state index contributed by atoms with van der Waals surface area (Å²) < 4.78 is 5.36. The van der Waals surface area contributed by atoms with Crippen molar-refractivity contribution < 1.29 is 9.53 Å². The fourth-order valence-electron chi connectivity index (χ4n) is 2.64. The van der Waals surface area contributed by atoms with Crippen LogP contribution < -0.4 is 10.2 Å². The second-order valence-corrected chi connectivity index (χ2v) is 5.95. The molecule has 0 aromatic heterocycles. The molecule has 0 unspecified atom stereocenters. The quantitative estimate of drug-likeness (QED) is 0.784. The second-order valence-electron chi connectivity index (χ2n) is 5.95. The van der Waals surface area contributed by atoms with E-state index in [1.165, 1.54) is 5.69 Å². The molecule has 1 aliphatic rings. The Labute approximate surface area is 138 Å². The molecule has 1 saturated heterocycles. The number of hydrogen-bond acceptors (Lipinski definition) is 4. The van der Waals surface area contributed by atoms with Gasteiger partial charge in [-0.05, 0) is 37.7 Å². The molecule has 5 nitrogen and oxygen atoms in total. The lowest BCUT2D eigenvalue weighted by atomic mass is 10.2. The number of hydrogen-bond donors (Lipinski definition) is 1. The van der Waals surface area contributed by atoms with Gasteiger partial charge in [0.1, 0.15) is 0 Å². The lowest BCUT2D eigenvalue weighted by molar-refractivity contribution is -0.117. The van der Waals surface area contributed by atoms with Crippen LogP contribution in [0.3, 0.4) is 0 Å². The van der Waals surface area contributed by atoms with Gasteiger partial charge in [0.25, 0.3) is 0 Å². The van der Waals surface area contributed by atoms with E-state index < -0.39 is 0 Å². The second kappa shape index (κ2) is 8.70. The predicted molar refractivity (Wildman–Crippen MR) is 95.0 cm³/mol. The zero-order valence-electron chi connectivity index (χ0n) is 14.2. The van der Waals surface area contributed by atoms with E-state index in [0.29, 0.717) is 6.54 Å². The molecule has 0 atom stereocenters. The minimum Gasteiger partial charge on any atom is -0.378 e. The summed E-state index contributed by atoms with van der Waals surface area (Å²) in [6.45, 7) is 13.3. The Bertz CT molecular complexity index is 522. The number of benzene rings is 1. The van der Waals surface area contributed by atoms with E-state index in [1.807, 2.05) is 38.1 Å². The standard InChI is InChI=1S/C18H27N3O2/c1-4-20(13-15(2)3)14-18(22)19-16-5-7-17(8-6-16)21-9-11-23-12-10-21/h5-8H,2,4,9-14H2,1,3H3,(H,19,22). The first kappa shape index (κ1) is 17.5. The van der Waals surface area contributed by atoms with Crippen molar-refractivity contribution in [3.05, 3.63) is 36.4 Å². The molecule has 1 aliphatic heterocycles. The summed E-state index contributed by atoms with van der Waals surface area (Å²) in [4.78, 5) is 16.5. The molecule has 1 amide bonds. The number of ether oxygens (including phenoxy) is 1. The molecule has 2 rings (SSSR count). The van der Waals surface area contributed by atoms with Crippen LogP contribution in [0.15, 0.2) is 36.4 Å². The van der Waals surface area contributed by atoms with Crippen molar-refractivity contribution in [2.75, 3.05) is 56.2 Å². The van der Waals surface area contributed by atoms with Gasteiger partial charge in [-0.3, -0.25) is 9.69 Å². The third-order valence-corrected chi connectivity index (χ3v) is 3.84. The van der Waals surface area contributed by atoms with E-state index in [1.54, 1.807) is 0 Å². The highest BCUT2D eigenvalue weighted by Gasteiger charge is 2.12. The Balaban J connectivity index is 1.87. The SMILES string of the molecule is C=C(C)CN(CC)CC(=O)Nc1ccc(N2CCOCC2)cc1. The van der Waals surface area contributed by atoms with Crippen molar-refractivity contribution in [3.63, 3.8) is 0 Å². The van der Waals surface area contributed by atoms with E-state index in [9.17, 15) is 4.79 Å². The van der Waals surface area contributed by atoms with Crippen molar-refractivity contribution in [2.45, 2.75) is 13.8 Å². The number of likely N-dealkylation sites (N-methyl/N-ethyl adjacent to an activating group) is 1. The van der Waals surface area contributed by atoms with E-state index in [2.05, 4.69) is 21.7 Å². The number of rotatable bonds is 7. The fourth-order valence-corrected chi connectivity index (χ4v) is 2.64. The van der Waals surface area contributed by atoms with Crippen LogP contribution in [0.25, 0.3) is 0 Å². The molecule has 126 valence electrons. The topological polar surface area (TPSA) is 44.8 Å². The van der Waals surface area contributed by atoms with Gasteiger partial charge in [-0.1, -0.05) is 19.1 Å². The lowest BCUT2D eigenvalue weighted by Gasteiger charge is -2.29. The summed E-state index contributed by atoms with van der Waals surface area (Å²) in [7, 11) is 0. The van der Waals surface area contributed by atoms with Gasteiger partial charge in [0.05, 0.1) is 19.8 Å². The van der Waals surface area contributed by atoms with Crippen LogP contribution in [0.4, 0.5) is 11.4 Å². The lowest BCUT2D eigenvalue weighted by Crippen LogP contribution is -2.36. The largest absolute Gasteiger partial charge is 0.378 e. The van der Waals surface area contributed by atoms with Gasteiger partial charge in [0.2, 0.25) is 5.91 Å². The van der Waals surface area contributed by atoms with Crippen molar-refractivity contribution in [2.24, 2.45) is 0 Å². The molecule has 1 fully saturated rings. The Morgan fingerprint density at radius 3 is 2.48 bits per heavy atom. The summed E-state index contributed by atoms with van der Waals surface area (Å²) in [5.41, 5.74) is 3.07. The van der Waals surface area contributed by atoms with Crippen molar-refractivity contribution in [1.29, 1.82) is 0 Å². The molecule has 23 heavy (non-hydrogen) atoms. The molecular formula is C18H27N3O2. The number of anilines is 2. The Hall–Kier alpha value is -1.85. The summed E-state index contributed by atoms with van der Waals surface area (Å²) in [5, 5.41) is 2.96. The highest BCUT2D eigenvalue weighted by Crippen LogP contribution is 2.19. The van der Waals surface area contributed by atoms with Crippen LogP contribution in [0.2, 0.25) is 0 Å². The van der Waals surface area contributed by atoms with E-state index in [0.717, 1.165) is 50.7 Å². The summed E-state index contributed by atoms with van der Waals surface area (Å²) >= 11 is 0. The maximum Gasteiger partial charge on any atom is 0.238 e. The first-order chi connectivity index (χ1) is 11.1. The third-order valence-electron chi connectivity index (χ3n) is 3.84. The number of amides is 1. The monoisotopic (exact) mass is 317 g/mol. The Kier molecular flexibility index (Phi) is 6.62. The van der Waals surface area contributed by atoms with Crippen LogP contribution in [0.1, 0.15) is 13.8 Å². The summed E-state index contributed by atoms with van der Waals surface area (Å²) in [6.07, 6.45) is 0. The van der Waals surface area contributed by atoms with Gasteiger partial charge < -0.3 is 15.0 Å². The molecular weight excluding hydrogens is 290 g/mol. The Morgan fingerprint density at radius 1 is 1.26 bits per heavy atom. The van der Waals surface area contributed by atoms with Gasteiger partial charge in [-0.2, -0.15) is 0 Å². The third kappa shape index (κ3) is 5.69. The smallest absolute Gasteiger partial charge is 0.238 e. The van der Waals surface area contributed by atoms with Gasteiger partial charge in [-0.25, -0.2) is 0 Å². The van der Waals surface area contributed by atoms with Crippen LogP contribution in [-0.2, 0) is 9.53 Å². The molecule has 1 aromatic rings. The average Bonchev–Trinajstić information content (AvgIpc) is 2.55. The number of carbonyl (C=O) groups is 1. The fraction of sp³-hybridized carbons (Fsp3) is 0.500. The van der Waals surface area contributed by atoms with Crippen LogP contribution in [0.5, 0.6) is 0 Å². The van der Waals surface area contributed by atoms with Gasteiger partial charge >= 0.3 is 0 Å². The number of nitrogens with one attached hydrogen (secondary N) is 1. The van der Waals surface area contributed by atoms with Crippen molar-refractivity contribution in [3.8, 4) is 0 Å². The van der Waals surface area contributed by atoms with Crippen LogP contribution >= 0.6 is 0 Å². The zero-order valence-corrected chi connectivity index (χ0v) is 14.2. The predicted octanol–water partition coefficient (Wildman–Crippen LogP) is 2.36. The highest BCUT2D eigenvalue weighted by atomic mass is 16.5. The maximum absolute atomic E-state index is 12.1. The normalized spacial score (nSPS) is 14.8.